The van der Waals surface area contributed by atoms with Crippen LogP contribution in [0.15, 0.2) is 18.2 Å². The first-order valence-corrected chi connectivity index (χ1v) is 7.03. The van der Waals surface area contributed by atoms with Crippen molar-refractivity contribution in [3.05, 3.63) is 34.9 Å². The maximum absolute atomic E-state index is 11.7. The van der Waals surface area contributed by atoms with E-state index in [0.717, 1.165) is 24.9 Å². The summed E-state index contributed by atoms with van der Waals surface area (Å²) < 4.78 is 0. The minimum Gasteiger partial charge on any atom is -0.366 e. The number of fused-ring (bicyclic) bond motifs is 4. The average molecular weight is 258 g/mol. The number of amides is 1. The molecule has 1 amide bonds. The summed E-state index contributed by atoms with van der Waals surface area (Å²) in [5.74, 6) is -0.307. The van der Waals surface area contributed by atoms with E-state index in [0.29, 0.717) is 11.6 Å². The highest BCUT2D eigenvalue weighted by Gasteiger charge is 2.53. The molecule has 3 rings (SSSR count). The summed E-state index contributed by atoms with van der Waals surface area (Å²) in [5.41, 5.74) is 9.03. The van der Waals surface area contributed by atoms with Crippen LogP contribution in [-0.2, 0) is 11.8 Å². The van der Waals surface area contributed by atoms with E-state index < -0.39 is 0 Å². The zero-order valence-corrected chi connectivity index (χ0v) is 11.9. The molecule has 0 spiro atoms. The Hall–Kier alpha value is -1.35. The highest BCUT2D eigenvalue weighted by Crippen LogP contribution is 2.53. The van der Waals surface area contributed by atoms with Crippen molar-refractivity contribution >= 4 is 5.91 Å². The number of nitrogens with one attached hydrogen (secondary N) is 1. The van der Waals surface area contributed by atoms with Crippen molar-refractivity contribution in [2.45, 2.75) is 45.1 Å². The molecule has 3 nitrogen and oxygen atoms in total. The van der Waals surface area contributed by atoms with Crippen molar-refractivity contribution in [1.82, 2.24) is 5.32 Å². The van der Waals surface area contributed by atoms with Gasteiger partial charge in [0.05, 0.1) is 0 Å². The Bertz CT molecular complexity index is 550. The fourth-order valence-electron chi connectivity index (χ4n) is 4.03. The average Bonchev–Trinajstić information content (AvgIpc) is 2.32. The van der Waals surface area contributed by atoms with Crippen LogP contribution in [0.1, 0.15) is 48.7 Å². The quantitative estimate of drug-likeness (QED) is 0.809. The van der Waals surface area contributed by atoms with Gasteiger partial charge in [0.15, 0.2) is 0 Å². The molecular weight excluding hydrogens is 236 g/mol. The van der Waals surface area contributed by atoms with Crippen molar-refractivity contribution < 1.29 is 4.79 Å². The van der Waals surface area contributed by atoms with E-state index >= 15 is 0 Å². The van der Waals surface area contributed by atoms with Gasteiger partial charge in [-0.1, -0.05) is 32.9 Å². The second-order valence-electron chi connectivity index (χ2n) is 6.71. The lowest BCUT2D eigenvalue weighted by molar-refractivity contribution is 0.0555. The molecule has 1 aliphatic heterocycles. The van der Waals surface area contributed by atoms with Crippen molar-refractivity contribution in [2.24, 2.45) is 11.1 Å². The molecular formula is C16H22N2O. The van der Waals surface area contributed by atoms with E-state index in [9.17, 15) is 4.79 Å². The second kappa shape index (κ2) is 3.83. The fraction of sp³-hybridized carbons (Fsp3) is 0.562. The topological polar surface area (TPSA) is 55.1 Å². The second-order valence-corrected chi connectivity index (χ2v) is 6.71. The molecule has 1 aromatic carbocycles. The van der Waals surface area contributed by atoms with E-state index in [1.807, 2.05) is 12.1 Å². The third-order valence-corrected chi connectivity index (χ3v) is 5.75. The number of carbonyl (C=O) groups is 1. The van der Waals surface area contributed by atoms with Gasteiger partial charge in [-0.25, -0.2) is 0 Å². The third-order valence-electron chi connectivity index (χ3n) is 5.75. The van der Waals surface area contributed by atoms with Crippen molar-refractivity contribution in [1.29, 1.82) is 0 Å². The summed E-state index contributed by atoms with van der Waals surface area (Å²) in [6, 6.07) is 6.44. The molecule has 0 aromatic heterocycles. The number of carbonyl (C=O) groups excluding carboxylic acids is 1. The Balaban J connectivity index is 2.26. The molecule has 2 unspecified atom stereocenters. The van der Waals surface area contributed by atoms with Crippen LogP contribution in [0.5, 0.6) is 0 Å². The highest BCUT2D eigenvalue weighted by molar-refractivity contribution is 5.95. The molecule has 0 radical (unpaired) electrons. The first kappa shape index (κ1) is 12.7. The Kier molecular flexibility index (Phi) is 2.55. The van der Waals surface area contributed by atoms with Crippen LogP contribution in [0.3, 0.4) is 0 Å². The Morgan fingerprint density at radius 1 is 1.37 bits per heavy atom. The third kappa shape index (κ3) is 1.51. The zero-order chi connectivity index (χ0) is 13.8. The standard InChI is InChI=1S/C16H22N2O/c1-15(2)13-9-11-10(14(17)19)5-4-6-12(11)16(15,3)7-8-18-13/h4-6,13,18H,7-9H2,1-3H3,(H2,17,19). The summed E-state index contributed by atoms with van der Waals surface area (Å²) in [5, 5.41) is 3.62. The number of hydrogen-bond donors (Lipinski definition) is 2. The molecule has 1 saturated heterocycles. The molecule has 2 aliphatic rings. The van der Waals surface area contributed by atoms with Gasteiger partial charge in [0.1, 0.15) is 0 Å². The number of rotatable bonds is 1. The van der Waals surface area contributed by atoms with Crippen molar-refractivity contribution in [2.75, 3.05) is 6.54 Å². The summed E-state index contributed by atoms with van der Waals surface area (Å²) >= 11 is 0. The van der Waals surface area contributed by atoms with Gasteiger partial charge in [-0.2, -0.15) is 0 Å². The Labute approximate surface area is 114 Å². The predicted molar refractivity (Wildman–Crippen MR) is 76.2 cm³/mol. The van der Waals surface area contributed by atoms with Crippen LogP contribution in [-0.4, -0.2) is 18.5 Å². The van der Waals surface area contributed by atoms with Gasteiger partial charge < -0.3 is 11.1 Å². The predicted octanol–water partition coefficient (Wildman–Crippen LogP) is 1.99. The minimum absolute atomic E-state index is 0.113. The summed E-state index contributed by atoms with van der Waals surface area (Å²) in [4.78, 5) is 11.7. The molecule has 2 atom stereocenters. The molecule has 2 bridgehead atoms. The van der Waals surface area contributed by atoms with Gasteiger partial charge >= 0.3 is 0 Å². The first-order valence-electron chi connectivity index (χ1n) is 7.03. The lowest BCUT2D eigenvalue weighted by atomic mass is 9.51. The smallest absolute Gasteiger partial charge is 0.248 e. The number of nitrogens with two attached hydrogens (primary N) is 1. The van der Waals surface area contributed by atoms with E-state index in [1.165, 1.54) is 5.56 Å². The summed E-state index contributed by atoms with van der Waals surface area (Å²) in [6.07, 6.45) is 2.00. The zero-order valence-electron chi connectivity index (χ0n) is 11.9. The maximum Gasteiger partial charge on any atom is 0.248 e. The van der Waals surface area contributed by atoms with Gasteiger partial charge in [0.2, 0.25) is 5.91 Å². The van der Waals surface area contributed by atoms with E-state index in [4.69, 9.17) is 5.73 Å². The lowest BCUT2D eigenvalue weighted by Gasteiger charge is -2.57. The van der Waals surface area contributed by atoms with Crippen LogP contribution >= 0.6 is 0 Å². The normalized spacial score (nSPS) is 31.6. The van der Waals surface area contributed by atoms with Crippen LogP contribution < -0.4 is 11.1 Å². The van der Waals surface area contributed by atoms with Gasteiger partial charge in [0.25, 0.3) is 0 Å². The van der Waals surface area contributed by atoms with E-state index in [-0.39, 0.29) is 16.7 Å². The van der Waals surface area contributed by atoms with Gasteiger partial charge in [-0.15, -0.1) is 0 Å². The van der Waals surface area contributed by atoms with Crippen LogP contribution in [0, 0.1) is 5.41 Å². The molecule has 1 aromatic rings. The van der Waals surface area contributed by atoms with E-state index in [1.54, 1.807) is 0 Å². The van der Waals surface area contributed by atoms with Crippen molar-refractivity contribution in [3.8, 4) is 0 Å². The Morgan fingerprint density at radius 3 is 2.79 bits per heavy atom. The number of primary amides is 1. The van der Waals surface area contributed by atoms with Crippen molar-refractivity contribution in [3.63, 3.8) is 0 Å². The molecule has 3 heteroatoms. The highest BCUT2D eigenvalue weighted by atomic mass is 16.1. The van der Waals surface area contributed by atoms with E-state index in [2.05, 4.69) is 32.2 Å². The first-order chi connectivity index (χ1) is 8.88. The SMILES string of the molecule is CC12CCNC(Cc3c(C(N)=O)cccc31)C2(C)C. The van der Waals surface area contributed by atoms with Gasteiger partial charge in [0, 0.05) is 17.0 Å². The molecule has 1 heterocycles. The summed E-state index contributed by atoms with van der Waals surface area (Å²) in [6.45, 7) is 8.06. The molecule has 0 saturated carbocycles. The van der Waals surface area contributed by atoms with Gasteiger partial charge in [-0.05, 0) is 42.0 Å². The van der Waals surface area contributed by atoms with Crippen LogP contribution in [0.4, 0.5) is 0 Å². The largest absolute Gasteiger partial charge is 0.366 e. The molecule has 102 valence electrons. The van der Waals surface area contributed by atoms with Crippen LogP contribution in [0.25, 0.3) is 0 Å². The number of hydrogen-bond acceptors (Lipinski definition) is 2. The summed E-state index contributed by atoms with van der Waals surface area (Å²) in [7, 11) is 0. The lowest BCUT2D eigenvalue weighted by Crippen LogP contribution is -2.62. The fourth-order valence-corrected chi connectivity index (χ4v) is 4.03. The maximum atomic E-state index is 11.7. The number of piperidine rings is 1. The Morgan fingerprint density at radius 2 is 2.11 bits per heavy atom. The molecule has 1 fully saturated rings. The molecule has 1 aliphatic carbocycles. The minimum atomic E-state index is -0.307. The molecule has 19 heavy (non-hydrogen) atoms. The van der Waals surface area contributed by atoms with Gasteiger partial charge in [-0.3, -0.25) is 4.79 Å². The monoisotopic (exact) mass is 258 g/mol. The molecule has 3 N–H and O–H groups in total. The number of benzene rings is 1. The van der Waals surface area contributed by atoms with Crippen LogP contribution in [0.2, 0.25) is 0 Å².